The van der Waals surface area contributed by atoms with E-state index in [1.807, 2.05) is 0 Å². The molecule has 1 aliphatic heterocycles. The summed E-state index contributed by atoms with van der Waals surface area (Å²) in [6.45, 7) is 8.63. The van der Waals surface area contributed by atoms with E-state index in [1.165, 1.54) is 65.3 Å². The van der Waals surface area contributed by atoms with E-state index in [1.54, 1.807) is 0 Å². The summed E-state index contributed by atoms with van der Waals surface area (Å²) in [4.78, 5) is 0. The van der Waals surface area contributed by atoms with Crippen LogP contribution in [0.15, 0.2) is 127 Å². The van der Waals surface area contributed by atoms with Crippen LogP contribution in [0, 0.1) is 0 Å². The first kappa shape index (κ1) is 27.1. The van der Waals surface area contributed by atoms with Gasteiger partial charge >= 0.3 is 7.12 Å². The Morgan fingerprint density at radius 2 is 1.00 bits per heavy atom. The quantitative estimate of drug-likeness (QED) is 0.155. The largest absolute Gasteiger partial charge is 0.494 e. The molecule has 1 saturated heterocycles. The van der Waals surface area contributed by atoms with E-state index in [0.29, 0.717) is 0 Å². The van der Waals surface area contributed by atoms with Crippen molar-refractivity contribution in [1.82, 2.24) is 0 Å². The average molecular weight is 571 g/mol. The first-order valence-electron chi connectivity index (χ1n) is 15.7. The third-order valence-corrected chi connectivity index (χ3v) is 10.1. The van der Waals surface area contributed by atoms with Crippen LogP contribution in [0.2, 0.25) is 0 Å². The third kappa shape index (κ3) is 4.18. The SMILES string of the molecule is CCC1(C)OB(c2ccc3c(-c4ccc5ccccc5c4)c4ccccc4c(-c4ccc5ccccc5c4)c3c2)OC1(C)C. The molecule has 0 saturated carbocycles. The smallest absolute Gasteiger partial charge is 0.399 e. The Labute approximate surface area is 259 Å². The highest BCUT2D eigenvalue weighted by Gasteiger charge is 2.53. The lowest BCUT2D eigenvalue weighted by Gasteiger charge is -2.35. The van der Waals surface area contributed by atoms with Crippen molar-refractivity contribution < 1.29 is 9.31 Å². The summed E-state index contributed by atoms with van der Waals surface area (Å²) in [6.07, 6.45) is 0.878. The van der Waals surface area contributed by atoms with Crippen LogP contribution in [0.3, 0.4) is 0 Å². The summed E-state index contributed by atoms with van der Waals surface area (Å²) in [5.74, 6) is 0. The van der Waals surface area contributed by atoms with Crippen molar-refractivity contribution in [3.63, 3.8) is 0 Å². The predicted octanol–water partition coefficient (Wildman–Crippen LogP) is 10.3. The van der Waals surface area contributed by atoms with Gasteiger partial charge in [-0.05, 0) is 110 Å². The fourth-order valence-corrected chi connectivity index (χ4v) is 7.09. The molecule has 0 amide bonds. The van der Waals surface area contributed by atoms with Gasteiger partial charge in [0.2, 0.25) is 0 Å². The highest BCUT2D eigenvalue weighted by Crippen LogP contribution is 2.45. The van der Waals surface area contributed by atoms with Crippen LogP contribution in [0.4, 0.5) is 0 Å². The average Bonchev–Trinajstić information content (AvgIpc) is 3.31. The Hall–Kier alpha value is -4.44. The molecule has 1 unspecified atom stereocenters. The maximum Gasteiger partial charge on any atom is 0.494 e. The van der Waals surface area contributed by atoms with Crippen molar-refractivity contribution in [3.8, 4) is 22.3 Å². The van der Waals surface area contributed by atoms with Gasteiger partial charge in [-0.25, -0.2) is 0 Å². The number of benzene rings is 7. The second-order valence-electron chi connectivity index (χ2n) is 12.9. The monoisotopic (exact) mass is 570 g/mol. The summed E-state index contributed by atoms with van der Waals surface area (Å²) < 4.78 is 13.3. The molecule has 0 N–H and O–H groups in total. The molecule has 1 fully saturated rings. The molecule has 0 spiro atoms. The topological polar surface area (TPSA) is 18.5 Å². The molecule has 2 nitrogen and oxygen atoms in total. The summed E-state index contributed by atoms with van der Waals surface area (Å²) in [5.41, 5.74) is 5.20. The predicted molar refractivity (Wildman–Crippen MR) is 188 cm³/mol. The minimum absolute atomic E-state index is 0.368. The molecule has 214 valence electrons. The van der Waals surface area contributed by atoms with E-state index in [4.69, 9.17) is 9.31 Å². The molecule has 1 heterocycles. The standard InChI is InChI=1S/C41H35BO2/c1-5-41(4)40(2,3)43-42(44-41)33-22-23-36-37(26-33)39(32-21-19-28-13-7-9-15-30(28)25-32)35-17-11-10-16-34(35)38(36)31-20-18-27-12-6-8-14-29(27)24-31/h6-26H,5H2,1-4H3. The zero-order valence-electron chi connectivity index (χ0n) is 25.7. The van der Waals surface area contributed by atoms with Gasteiger partial charge in [-0.1, -0.05) is 122 Å². The minimum Gasteiger partial charge on any atom is -0.399 e. The normalized spacial score (nSPS) is 18.1. The summed E-state index contributed by atoms with van der Waals surface area (Å²) in [5, 5.41) is 9.88. The maximum absolute atomic E-state index is 6.68. The fraction of sp³-hybridized carbons (Fsp3) is 0.171. The Morgan fingerprint density at radius 1 is 0.500 bits per heavy atom. The van der Waals surface area contributed by atoms with Crippen molar-refractivity contribution in [2.24, 2.45) is 0 Å². The van der Waals surface area contributed by atoms with E-state index in [-0.39, 0.29) is 5.60 Å². The molecule has 0 aliphatic carbocycles. The van der Waals surface area contributed by atoms with Gasteiger partial charge in [-0.15, -0.1) is 0 Å². The molecule has 7 aromatic rings. The lowest BCUT2D eigenvalue weighted by Crippen LogP contribution is -2.44. The number of hydrogen-bond donors (Lipinski definition) is 0. The first-order valence-corrected chi connectivity index (χ1v) is 15.7. The number of rotatable bonds is 4. The zero-order chi connectivity index (χ0) is 30.1. The van der Waals surface area contributed by atoms with Crippen molar-refractivity contribution >= 4 is 55.7 Å². The highest BCUT2D eigenvalue weighted by molar-refractivity contribution is 6.62. The van der Waals surface area contributed by atoms with Crippen molar-refractivity contribution in [2.75, 3.05) is 0 Å². The molecular formula is C41H35BO2. The van der Waals surface area contributed by atoms with Crippen LogP contribution in [0.25, 0.3) is 65.3 Å². The minimum atomic E-state index is -0.431. The molecule has 3 heteroatoms. The highest BCUT2D eigenvalue weighted by atomic mass is 16.7. The maximum atomic E-state index is 6.68. The lowest BCUT2D eigenvalue weighted by atomic mass is 9.76. The van der Waals surface area contributed by atoms with Crippen LogP contribution in [0.1, 0.15) is 34.1 Å². The Balaban J connectivity index is 1.44. The first-order chi connectivity index (χ1) is 21.3. The molecule has 1 atom stereocenters. The van der Waals surface area contributed by atoms with E-state index in [2.05, 4.69) is 155 Å². The summed E-state index contributed by atoms with van der Waals surface area (Å²) in [6, 6.07) is 46.5. The second-order valence-corrected chi connectivity index (χ2v) is 12.9. The molecule has 0 aromatic heterocycles. The second kappa shape index (κ2) is 10.1. The Kier molecular flexibility index (Phi) is 6.20. The molecule has 7 aromatic carbocycles. The van der Waals surface area contributed by atoms with Crippen LogP contribution < -0.4 is 5.46 Å². The van der Waals surface area contributed by atoms with E-state index >= 15 is 0 Å². The Bertz CT molecular complexity index is 2230. The van der Waals surface area contributed by atoms with Crippen molar-refractivity contribution in [3.05, 3.63) is 127 Å². The van der Waals surface area contributed by atoms with Gasteiger partial charge in [0.25, 0.3) is 0 Å². The van der Waals surface area contributed by atoms with Gasteiger partial charge in [0, 0.05) is 0 Å². The van der Waals surface area contributed by atoms with Gasteiger partial charge in [0.1, 0.15) is 0 Å². The van der Waals surface area contributed by atoms with Gasteiger partial charge in [0.15, 0.2) is 0 Å². The van der Waals surface area contributed by atoms with Crippen LogP contribution in [0.5, 0.6) is 0 Å². The summed E-state index contributed by atoms with van der Waals surface area (Å²) >= 11 is 0. The van der Waals surface area contributed by atoms with Crippen LogP contribution >= 0.6 is 0 Å². The van der Waals surface area contributed by atoms with Crippen LogP contribution in [-0.4, -0.2) is 18.3 Å². The van der Waals surface area contributed by atoms with Crippen molar-refractivity contribution in [1.29, 1.82) is 0 Å². The van der Waals surface area contributed by atoms with Gasteiger partial charge < -0.3 is 9.31 Å². The summed E-state index contributed by atoms with van der Waals surface area (Å²) in [7, 11) is -0.431. The van der Waals surface area contributed by atoms with E-state index < -0.39 is 12.7 Å². The third-order valence-electron chi connectivity index (χ3n) is 10.1. The van der Waals surface area contributed by atoms with Gasteiger partial charge in [-0.3, -0.25) is 0 Å². The van der Waals surface area contributed by atoms with Crippen molar-refractivity contribution in [2.45, 2.75) is 45.3 Å². The molecular weight excluding hydrogens is 535 g/mol. The van der Waals surface area contributed by atoms with E-state index in [0.717, 1.165) is 11.9 Å². The van der Waals surface area contributed by atoms with Crippen LogP contribution in [-0.2, 0) is 9.31 Å². The Morgan fingerprint density at radius 3 is 1.55 bits per heavy atom. The molecule has 8 rings (SSSR count). The van der Waals surface area contributed by atoms with E-state index in [9.17, 15) is 0 Å². The molecule has 0 bridgehead atoms. The van der Waals surface area contributed by atoms with Gasteiger partial charge in [-0.2, -0.15) is 0 Å². The zero-order valence-corrected chi connectivity index (χ0v) is 25.7. The lowest BCUT2D eigenvalue weighted by molar-refractivity contribution is -0.0118. The molecule has 44 heavy (non-hydrogen) atoms. The molecule has 0 radical (unpaired) electrons. The number of fused-ring (bicyclic) bond motifs is 4. The molecule has 1 aliphatic rings. The fourth-order valence-electron chi connectivity index (χ4n) is 7.09. The van der Waals surface area contributed by atoms with Gasteiger partial charge in [0.05, 0.1) is 11.2 Å². The number of hydrogen-bond acceptors (Lipinski definition) is 2.